The van der Waals surface area contributed by atoms with Crippen molar-refractivity contribution in [3.63, 3.8) is 0 Å². The Kier molecular flexibility index (Phi) is 9.17. The molecule has 2 N–H and O–H groups in total. The van der Waals surface area contributed by atoms with E-state index >= 15 is 0 Å². The monoisotopic (exact) mass is 465 g/mol. The van der Waals surface area contributed by atoms with E-state index in [-0.39, 0.29) is 23.9 Å². The van der Waals surface area contributed by atoms with Gasteiger partial charge in [-0.2, -0.15) is 13.2 Å². The first-order valence-electron chi connectivity index (χ1n) is 9.87. The molecule has 0 fully saturated rings. The molecule has 0 saturated carbocycles. The summed E-state index contributed by atoms with van der Waals surface area (Å²) in [5, 5.41) is 0. The molecule has 2 aromatic carbocycles. The standard InChI is InChI=1S/C23H22F3NO6/c1-2-31-20-13-16(6-8-18(28)17-5-3-4-15(12-17)10-11-27)7-9-19(20)32-14-21(29)33-22(30)23(24,25)26/h3-9,12-13H,2,10-11,14,27H2,1H3/b8-6+. The summed E-state index contributed by atoms with van der Waals surface area (Å²) in [5.74, 6) is -4.12. The molecule has 10 heteroatoms. The predicted octanol–water partition coefficient (Wildman–Crippen LogP) is 3.49. The van der Waals surface area contributed by atoms with Crippen LogP contribution in [-0.4, -0.2) is 43.7 Å². The predicted molar refractivity (Wildman–Crippen MR) is 113 cm³/mol. The van der Waals surface area contributed by atoms with Gasteiger partial charge in [0.25, 0.3) is 0 Å². The van der Waals surface area contributed by atoms with E-state index in [4.69, 9.17) is 15.2 Å². The van der Waals surface area contributed by atoms with Crippen molar-refractivity contribution in [1.82, 2.24) is 0 Å². The van der Waals surface area contributed by atoms with Crippen molar-refractivity contribution in [1.29, 1.82) is 0 Å². The van der Waals surface area contributed by atoms with E-state index in [1.807, 2.05) is 6.07 Å². The van der Waals surface area contributed by atoms with Gasteiger partial charge in [-0.15, -0.1) is 0 Å². The van der Waals surface area contributed by atoms with Gasteiger partial charge >= 0.3 is 18.1 Å². The molecule has 2 aromatic rings. The van der Waals surface area contributed by atoms with Gasteiger partial charge in [-0.05, 0) is 55.3 Å². The van der Waals surface area contributed by atoms with Crippen LogP contribution >= 0.6 is 0 Å². The van der Waals surface area contributed by atoms with Crippen LogP contribution in [0.25, 0.3) is 6.08 Å². The quantitative estimate of drug-likeness (QED) is 0.248. The maximum atomic E-state index is 12.5. The highest BCUT2D eigenvalue weighted by molar-refractivity contribution is 6.06. The van der Waals surface area contributed by atoms with Crippen LogP contribution in [0.4, 0.5) is 13.2 Å². The largest absolute Gasteiger partial charge is 0.491 e. The molecule has 7 nitrogen and oxygen atoms in total. The third-order valence-electron chi connectivity index (χ3n) is 4.12. The zero-order valence-electron chi connectivity index (χ0n) is 17.7. The van der Waals surface area contributed by atoms with E-state index < -0.39 is 24.7 Å². The van der Waals surface area contributed by atoms with Gasteiger partial charge in [0, 0.05) is 5.56 Å². The molecule has 0 unspecified atom stereocenters. The number of benzene rings is 2. The van der Waals surface area contributed by atoms with E-state index in [1.54, 1.807) is 37.3 Å². The number of halogens is 3. The number of allylic oxidation sites excluding steroid dienone is 1. The lowest BCUT2D eigenvalue weighted by atomic mass is 10.0. The number of carbonyl (C=O) groups is 3. The molecule has 0 atom stereocenters. The van der Waals surface area contributed by atoms with Crippen LogP contribution in [0.3, 0.4) is 0 Å². The van der Waals surface area contributed by atoms with Gasteiger partial charge in [-0.1, -0.05) is 30.3 Å². The molecule has 0 heterocycles. The fourth-order valence-corrected chi connectivity index (χ4v) is 2.66. The minimum atomic E-state index is -5.29. The number of hydrogen-bond acceptors (Lipinski definition) is 7. The van der Waals surface area contributed by atoms with E-state index in [9.17, 15) is 27.6 Å². The van der Waals surface area contributed by atoms with Crippen LogP contribution in [0.1, 0.15) is 28.4 Å². The Morgan fingerprint density at radius 3 is 2.45 bits per heavy atom. The molecule has 2 rings (SSSR count). The van der Waals surface area contributed by atoms with Crippen LogP contribution in [0, 0.1) is 0 Å². The summed E-state index contributed by atoms with van der Waals surface area (Å²) in [4.78, 5) is 34.6. The highest BCUT2D eigenvalue weighted by atomic mass is 19.4. The molecule has 0 aromatic heterocycles. The molecule has 176 valence electrons. The van der Waals surface area contributed by atoms with E-state index in [1.165, 1.54) is 18.2 Å². The first-order chi connectivity index (χ1) is 15.6. The van der Waals surface area contributed by atoms with E-state index in [0.29, 0.717) is 24.1 Å². The van der Waals surface area contributed by atoms with Gasteiger partial charge in [0.1, 0.15) is 0 Å². The number of ether oxygens (including phenoxy) is 3. The fourth-order valence-electron chi connectivity index (χ4n) is 2.66. The smallest absolute Gasteiger partial charge is 0.490 e. The lowest BCUT2D eigenvalue weighted by Gasteiger charge is -2.12. The number of ketones is 1. The first-order valence-corrected chi connectivity index (χ1v) is 9.87. The first kappa shape index (κ1) is 25.6. The Balaban J connectivity index is 2.08. The molecule has 0 radical (unpaired) electrons. The maximum Gasteiger partial charge on any atom is 0.491 e. The molecular formula is C23H22F3NO6. The third kappa shape index (κ3) is 8.08. The molecule has 33 heavy (non-hydrogen) atoms. The van der Waals surface area contributed by atoms with Gasteiger partial charge < -0.3 is 19.9 Å². The van der Waals surface area contributed by atoms with Crippen molar-refractivity contribution >= 4 is 23.8 Å². The van der Waals surface area contributed by atoms with Gasteiger partial charge in [0.15, 0.2) is 23.9 Å². The lowest BCUT2D eigenvalue weighted by Crippen LogP contribution is -2.30. The lowest BCUT2D eigenvalue weighted by molar-refractivity contribution is -0.202. The fraction of sp³-hybridized carbons (Fsp3) is 0.261. The zero-order valence-corrected chi connectivity index (χ0v) is 17.7. The average molecular weight is 465 g/mol. The minimum absolute atomic E-state index is 0.0474. The molecule has 0 aliphatic heterocycles. The number of hydrogen-bond donors (Lipinski definition) is 1. The summed E-state index contributed by atoms with van der Waals surface area (Å²) in [6.45, 7) is 1.46. The van der Waals surface area contributed by atoms with E-state index in [0.717, 1.165) is 5.56 Å². The number of alkyl halides is 3. The van der Waals surface area contributed by atoms with Crippen LogP contribution in [-0.2, 0) is 20.7 Å². The molecular weight excluding hydrogens is 443 g/mol. The summed E-state index contributed by atoms with van der Waals surface area (Å²) in [7, 11) is 0. The molecule has 0 saturated heterocycles. The van der Waals surface area contributed by atoms with Crippen LogP contribution in [0.15, 0.2) is 48.5 Å². The van der Waals surface area contributed by atoms with Crippen molar-refractivity contribution in [3.05, 3.63) is 65.2 Å². The van der Waals surface area contributed by atoms with Crippen molar-refractivity contribution < 1.29 is 41.8 Å². The van der Waals surface area contributed by atoms with Gasteiger partial charge in [-0.3, -0.25) is 4.79 Å². The second-order valence-electron chi connectivity index (χ2n) is 6.62. The highest BCUT2D eigenvalue weighted by Crippen LogP contribution is 2.29. The summed E-state index contributed by atoms with van der Waals surface area (Å²) >= 11 is 0. The van der Waals surface area contributed by atoms with Gasteiger partial charge in [0.05, 0.1) is 6.61 Å². The molecule has 0 bridgehead atoms. The second-order valence-corrected chi connectivity index (χ2v) is 6.62. The number of nitrogens with two attached hydrogens (primary N) is 1. The summed E-state index contributed by atoms with van der Waals surface area (Å²) in [6, 6.07) is 11.6. The van der Waals surface area contributed by atoms with Crippen LogP contribution in [0.5, 0.6) is 11.5 Å². The average Bonchev–Trinajstić information content (AvgIpc) is 2.76. The van der Waals surface area contributed by atoms with Crippen LogP contribution in [0.2, 0.25) is 0 Å². The third-order valence-corrected chi connectivity index (χ3v) is 4.12. The molecule has 0 spiro atoms. The van der Waals surface area contributed by atoms with Crippen molar-refractivity contribution in [2.24, 2.45) is 5.73 Å². The van der Waals surface area contributed by atoms with Crippen molar-refractivity contribution in [2.45, 2.75) is 19.5 Å². The Morgan fingerprint density at radius 2 is 1.79 bits per heavy atom. The SMILES string of the molecule is CCOc1cc(/C=C/C(=O)c2cccc(CCN)c2)ccc1OCC(=O)OC(=O)C(F)(F)F. The zero-order chi connectivity index (χ0) is 24.4. The maximum absolute atomic E-state index is 12.5. The second kappa shape index (κ2) is 11.8. The Bertz CT molecular complexity index is 1030. The topological polar surface area (TPSA) is 105 Å². The molecule has 0 aliphatic carbocycles. The Hall–Kier alpha value is -3.66. The summed E-state index contributed by atoms with van der Waals surface area (Å²) in [5.41, 5.74) is 7.58. The van der Waals surface area contributed by atoms with Gasteiger partial charge in [0.2, 0.25) is 0 Å². The van der Waals surface area contributed by atoms with Gasteiger partial charge in [-0.25, -0.2) is 9.59 Å². The molecule has 0 aliphatic rings. The van der Waals surface area contributed by atoms with Crippen LogP contribution < -0.4 is 15.2 Å². The number of carbonyl (C=O) groups excluding carboxylic acids is 3. The minimum Gasteiger partial charge on any atom is -0.490 e. The van der Waals surface area contributed by atoms with E-state index in [2.05, 4.69) is 4.74 Å². The number of esters is 2. The Labute approximate surface area is 187 Å². The summed E-state index contributed by atoms with van der Waals surface area (Å²) < 4.78 is 50.7. The van der Waals surface area contributed by atoms with Crippen molar-refractivity contribution in [2.75, 3.05) is 19.8 Å². The Morgan fingerprint density at radius 1 is 1.03 bits per heavy atom. The summed E-state index contributed by atoms with van der Waals surface area (Å²) in [6.07, 6.45) is -1.70. The normalized spacial score (nSPS) is 11.3. The molecule has 0 amide bonds. The number of rotatable bonds is 10. The van der Waals surface area contributed by atoms with Crippen molar-refractivity contribution in [3.8, 4) is 11.5 Å². The highest BCUT2D eigenvalue weighted by Gasteiger charge is 2.42.